The van der Waals surface area contributed by atoms with E-state index < -0.39 is 5.79 Å². The molecule has 0 bridgehead atoms. The molecule has 104 valence electrons. The Labute approximate surface area is 113 Å². The Morgan fingerprint density at radius 2 is 2.16 bits per heavy atom. The number of rotatable bonds is 2. The number of piperidine rings is 1. The Balaban J connectivity index is 1.74. The number of anilines is 1. The van der Waals surface area contributed by atoms with Crippen molar-refractivity contribution in [1.29, 1.82) is 0 Å². The molecule has 0 aromatic carbocycles. The molecule has 0 unspecified atom stereocenters. The molecule has 2 saturated heterocycles. The Morgan fingerprint density at radius 1 is 1.37 bits per heavy atom. The number of aromatic nitrogens is 2. The van der Waals surface area contributed by atoms with E-state index in [2.05, 4.69) is 21.8 Å². The molecule has 0 radical (unpaired) electrons. The van der Waals surface area contributed by atoms with Gasteiger partial charge in [0.2, 0.25) is 5.95 Å². The lowest BCUT2D eigenvalue weighted by Gasteiger charge is -2.39. The molecule has 0 saturated carbocycles. The third-order valence-electron chi connectivity index (χ3n) is 4.09. The normalized spacial score (nSPS) is 26.6. The van der Waals surface area contributed by atoms with Crippen LogP contribution in [0.25, 0.3) is 0 Å². The van der Waals surface area contributed by atoms with E-state index in [-0.39, 0.29) is 0 Å². The smallest absolute Gasteiger partial charge is 0.225 e. The quantitative estimate of drug-likeness (QED) is 0.813. The molecular formula is C14H21N3O2. The van der Waals surface area contributed by atoms with E-state index in [0.29, 0.717) is 19.1 Å². The molecule has 5 heteroatoms. The number of ether oxygens (including phenoxy) is 2. The van der Waals surface area contributed by atoms with Crippen LogP contribution >= 0.6 is 0 Å². The minimum absolute atomic E-state index is 0.382. The second-order valence-corrected chi connectivity index (χ2v) is 5.50. The first-order chi connectivity index (χ1) is 9.17. The largest absolute Gasteiger partial charge is 0.347 e. The van der Waals surface area contributed by atoms with Gasteiger partial charge in [0, 0.05) is 30.9 Å². The van der Waals surface area contributed by atoms with Crippen molar-refractivity contribution in [3.05, 3.63) is 18.0 Å². The van der Waals surface area contributed by atoms with Crippen LogP contribution in [0.5, 0.6) is 0 Å². The molecule has 0 spiro atoms. The van der Waals surface area contributed by atoms with Crippen LogP contribution < -0.4 is 4.90 Å². The maximum atomic E-state index is 5.80. The van der Waals surface area contributed by atoms with Crippen molar-refractivity contribution in [1.82, 2.24) is 9.97 Å². The van der Waals surface area contributed by atoms with Gasteiger partial charge in [-0.05, 0) is 32.8 Å². The van der Waals surface area contributed by atoms with Crippen molar-refractivity contribution in [3.8, 4) is 0 Å². The molecular weight excluding hydrogens is 242 g/mol. The van der Waals surface area contributed by atoms with E-state index in [9.17, 15) is 0 Å². The van der Waals surface area contributed by atoms with Crippen LogP contribution in [0.15, 0.2) is 12.3 Å². The van der Waals surface area contributed by atoms with Crippen LogP contribution in [0, 0.1) is 12.8 Å². The number of hydrogen-bond donors (Lipinski definition) is 0. The van der Waals surface area contributed by atoms with Crippen molar-refractivity contribution >= 4 is 5.95 Å². The summed E-state index contributed by atoms with van der Waals surface area (Å²) in [5.74, 6) is 0.779. The molecule has 2 fully saturated rings. The van der Waals surface area contributed by atoms with Crippen molar-refractivity contribution in [2.75, 3.05) is 31.2 Å². The van der Waals surface area contributed by atoms with Crippen LogP contribution in [0.4, 0.5) is 5.95 Å². The molecule has 3 rings (SSSR count). The van der Waals surface area contributed by atoms with Crippen LogP contribution in [-0.2, 0) is 9.47 Å². The molecule has 0 N–H and O–H groups in total. The van der Waals surface area contributed by atoms with E-state index in [1.54, 1.807) is 0 Å². The highest BCUT2D eigenvalue weighted by Gasteiger charge is 2.42. The Bertz CT molecular complexity index is 446. The fourth-order valence-corrected chi connectivity index (χ4v) is 2.94. The van der Waals surface area contributed by atoms with Crippen LogP contribution in [0.3, 0.4) is 0 Å². The van der Waals surface area contributed by atoms with Crippen molar-refractivity contribution in [3.63, 3.8) is 0 Å². The summed E-state index contributed by atoms with van der Waals surface area (Å²) in [6.45, 7) is 7.38. The van der Waals surface area contributed by atoms with E-state index in [1.807, 2.05) is 19.2 Å². The van der Waals surface area contributed by atoms with Crippen molar-refractivity contribution in [2.24, 2.45) is 5.92 Å². The molecule has 3 heterocycles. The first-order valence-corrected chi connectivity index (χ1v) is 7.00. The van der Waals surface area contributed by atoms with Crippen LogP contribution in [0.1, 0.15) is 25.5 Å². The van der Waals surface area contributed by atoms with Crippen LogP contribution in [0.2, 0.25) is 0 Å². The summed E-state index contributed by atoms with van der Waals surface area (Å²) < 4.78 is 11.6. The first kappa shape index (κ1) is 12.8. The molecule has 1 atom stereocenters. The summed E-state index contributed by atoms with van der Waals surface area (Å²) in [6, 6.07) is 1.93. The minimum atomic E-state index is -0.428. The second kappa shape index (κ2) is 5.06. The van der Waals surface area contributed by atoms with Crippen molar-refractivity contribution < 1.29 is 9.47 Å². The molecule has 19 heavy (non-hydrogen) atoms. The van der Waals surface area contributed by atoms with Gasteiger partial charge >= 0.3 is 0 Å². The maximum absolute atomic E-state index is 5.80. The van der Waals surface area contributed by atoms with Crippen LogP contribution in [-0.4, -0.2) is 42.1 Å². The van der Waals surface area contributed by atoms with E-state index in [4.69, 9.17) is 9.47 Å². The zero-order valence-corrected chi connectivity index (χ0v) is 11.6. The predicted molar refractivity (Wildman–Crippen MR) is 72.0 cm³/mol. The lowest BCUT2D eigenvalue weighted by Crippen LogP contribution is -2.47. The maximum Gasteiger partial charge on any atom is 0.225 e. The average Bonchev–Trinajstić information content (AvgIpc) is 2.87. The molecule has 1 aromatic heterocycles. The number of hydrogen-bond acceptors (Lipinski definition) is 5. The van der Waals surface area contributed by atoms with E-state index >= 15 is 0 Å². The second-order valence-electron chi connectivity index (χ2n) is 5.50. The lowest BCUT2D eigenvalue weighted by atomic mass is 9.90. The first-order valence-electron chi connectivity index (χ1n) is 7.00. The highest BCUT2D eigenvalue weighted by Crippen LogP contribution is 2.34. The van der Waals surface area contributed by atoms with E-state index in [0.717, 1.165) is 37.6 Å². The summed E-state index contributed by atoms with van der Waals surface area (Å²) >= 11 is 0. The van der Waals surface area contributed by atoms with Gasteiger partial charge < -0.3 is 14.4 Å². The Hall–Kier alpha value is -1.20. The highest BCUT2D eigenvalue weighted by atomic mass is 16.7. The molecule has 2 aliphatic rings. The zero-order valence-electron chi connectivity index (χ0n) is 11.6. The molecule has 0 aliphatic carbocycles. The Morgan fingerprint density at radius 3 is 2.89 bits per heavy atom. The van der Waals surface area contributed by atoms with E-state index in [1.165, 1.54) is 0 Å². The predicted octanol–water partition coefficient (Wildman–Crippen LogP) is 1.76. The van der Waals surface area contributed by atoms with Gasteiger partial charge in [0.15, 0.2) is 5.79 Å². The summed E-state index contributed by atoms with van der Waals surface area (Å²) in [7, 11) is 0. The molecule has 2 aliphatic heterocycles. The molecule has 0 amide bonds. The summed E-state index contributed by atoms with van der Waals surface area (Å²) in [4.78, 5) is 11.1. The topological polar surface area (TPSA) is 47.5 Å². The van der Waals surface area contributed by atoms with Gasteiger partial charge in [0.25, 0.3) is 0 Å². The minimum Gasteiger partial charge on any atom is -0.347 e. The zero-order chi connectivity index (χ0) is 13.3. The average molecular weight is 263 g/mol. The Kier molecular flexibility index (Phi) is 3.41. The standard InChI is InChI=1S/C14H21N3O2/c1-11-5-6-15-13(16-11)17-7-3-4-12(10-17)14(2)18-8-9-19-14/h5-6,12H,3-4,7-10H2,1-2H3/t12-/m0/s1. The van der Waals surface area contributed by atoms with Gasteiger partial charge in [-0.25, -0.2) is 9.97 Å². The number of aryl methyl sites for hydroxylation is 1. The monoisotopic (exact) mass is 263 g/mol. The third-order valence-corrected chi connectivity index (χ3v) is 4.09. The molecule has 5 nitrogen and oxygen atoms in total. The lowest BCUT2D eigenvalue weighted by molar-refractivity contribution is -0.182. The molecule has 1 aromatic rings. The van der Waals surface area contributed by atoms with Gasteiger partial charge in [0.1, 0.15) is 0 Å². The van der Waals surface area contributed by atoms with Gasteiger partial charge in [0.05, 0.1) is 13.2 Å². The van der Waals surface area contributed by atoms with Gasteiger partial charge in [-0.1, -0.05) is 0 Å². The number of nitrogens with zero attached hydrogens (tertiary/aromatic N) is 3. The van der Waals surface area contributed by atoms with Gasteiger partial charge in [-0.3, -0.25) is 0 Å². The van der Waals surface area contributed by atoms with Gasteiger partial charge in [-0.15, -0.1) is 0 Å². The fourth-order valence-electron chi connectivity index (χ4n) is 2.94. The summed E-state index contributed by atoms with van der Waals surface area (Å²) in [5, 5.41) is 0. The third kappa shape index (κ3) is 2.58. The summed E-state index contributed by atoms with van der Waals surface area (Å²) in [5.41, 5.74) is 1.01. The highest BCUT2D eigenvalue weighted by molar-refractivity contribution is 5.31. The van der Waals surface area contributed by atoms with Crippen molar-refractivity contribution in [2.45, 2.75) is 32.5 Å². The fraction of sp³-hybridized carbons (Fsp3) is 0.714. The summed E-state index contributed by atoms with van der Waals surface area (Å²) in [6.07, 6.45) is 4.09. The van der Waals surface area contributed by atoms with Gasteiger partial charge in [-0.2, -0.15) is 0 Å². The SMILES string of the molecule is Cc1ccnc(N2CCC[C@H](C3(C)OCCO3)C2)n1.